The fourth-order valence-corrected chi connectivity index (χ4v) is 2.73. The molecule has 0 saturated carbocycles. The maximum Gasteiger partial charge on any atom is 0.279 e. The number of carbonyl (C=O) groups is 2. The molecular weight excluding hydrogens is 372 g/mol. The maximum atomic E-state index is 12.3. The molecule has 0 unspecified atom stereocenters. The Hall–Kier alpha value is -3.74. The molecular formula is C22H22N2O5. The number of hydrogen-bond acceptors (Lipinski definition) is 5. The lowest BCUT2D eigenvalue weighted by Gasteiger charge is -2.16. The highest BCUT2D eigenvalue weighted by molar-refractivity contribution is 5.96. The fourth-order valence-electron chi connectivity index (χ4n) is 2.73. The van der Waals surface area contributed by atoms with Gasteiger partial charge in [0.1, 0.15) is 17.2 Å². The Morgan fingerprint density at radius 1 is 0.793 bits per heavy atom. The van der Waals surface area contributed by atoms with Crippen LogP contribution < -0.4 is 25.1 Å². The normalized spacial score (nSPS) is 11.4. The van der Waals surface area contributed by atoms with Crippen molar-refractivity contribution in [2.24, 2.45) is 0 Å². The van der Waals surface area contributed by atoms with E-state index in [1.807, 2.05) is 36.4 Å². The van der Waals surface area contributed by atoms with Gasteiger partial charge >= 0.3 is 0 Å². The van der Waals surface area contributed by atoms with Gasteiger partial charge in [0.15, 0.2) is 6.10 Å². The Morgan fingerprint density at radius 3 is 2.10 bits per heavy atom. The molecule has 3 aromatic carbocycles. The van der Waals surface area contributed by atoms with Crippen LogP contribution in [0.15, 0.2) is 60.7 Å². The zero-order chi connectivity index (χ0) is 20.8. The minimum Gasteiger partial charge on any atom is -0.497 e. The van der Waals surface area contributed by atoms with Crippen molar-refractivity contribution in [3.63, 3.8) is 0 Å². The molecule has 2 N–H and O–H groups in total. The van der Waals surface area contributed by atoms with Crippen molar-refractivity contribution in [2.75, 3.05) is 14.2 Å². The zero-order valence-electron chi connectivity index (χ0n) is 16.4. The summed E-state index contributed by atoms with van der Waals surface area (Å²) < 4.78 is 16.0. The standard InChI is InChI=1S/C22H22N2O5/c1-14(29-18-9-8-15-6-4-5-7-16(15)10-18)21(25)23-24-22(26)17-11-19(27-2)13-20(12-17)28-3/h4-14H,1-3H3,(H,23,25)(H,24,26)/t14-/m1/s1. The summed E-state index contributed by atoms with van der Waals surface area (Å²) in [5, 5.41) is 2.09. The van der Waals surface area contributed by atoms with E-state index in [9.17, 15) is 9.59 Å². The number of nitrogens with one attached hydrogen (secondary N) is 2. The molecule has 0 radical (unpaired) electrons. The van der Waals surface area contributed by atoms with Gasteiger partial charge in [-0.05, 0) is 42.0 Å². The number of rotatable bonds is 6. The van der Waals surface area contributed by atoms with Gasteiger partial charge in [0.2, 0.25) is 0 Å². The fraction of sp³-hybridized carbons (Fsp3) is 0.182. The maximum absolute atomic E-state index is 12.3. The van der Waals surface area contributed by atoms with Crippen LogP contribution >= 0.6 is 0 Å². The molecule has 3 aromatic rings. The van der Waals surface area contributed by atoms with Crippen molar-refractivity contribution < 1.29 is 23.8 Å². The third-order valence-corrected chi connectivity index (χ3v) is 4.32. The number of methoxy groups -OCH3 is 2. The van der Waals surface area contributed by atoms with E-state index in [1.165, 1.54) is 14.2 Å². The van der Waals surface area contributed by atoms with Crippen LogP contribution in [0.2, 0.25) is 0 Å². The number of hydrogen-bond donors (Lipinski definition) is 2. The first-order valence-corrected chi connectivity index (χ1v) is 8.99. The van der Waals surface area contributed by atoms with Crippen molar-refractivity contribution in [1.82, 2.24) is 10.9 Å². The lowest BCUT2D eigenvalue weighted by Crippen LogP contribution is -2.47. The Labute approximate surface area is 168 Å². The summed E-state index contributed by atoms with van der Waals surface area (Å²) in [4.78, 5) is 24.6. The summed E-state index contributed by atoms with van der Waals surface area (Å²) in [5.41, 5.74) is 5.02. The largest absolute Gasteiger partial charge is 0.497 e. The topological polar surface area (TPSA) is 85.9 Å². The highest BCUT2D eigenvalue weighted by Crippen LogP contribution is 2.23. The summed E-state index contributed by atoms with van der Waals surface area (Å²) in [7, 11) is 2.98. The molecule has 1 atom stereocenters. The number of amides is 2. The Bertz CT molecular complexity index is 1010. The third kappa shape index (κ3) is 4.95. The molecule has 0 fully saturated rings. The van der Waals surface area contributed by atoms with Gasteiger partial charge < -0.3 is 14.2 Å². The Kier molecular flexibility index (Phi) is 6.19. The van der Waals surface area contributed by atoms with Crippen LogP contribution in [-0.4, -0.2) is 32.1 Å². The van der Waals surface area contributed by atoms with Gasteiger partial charge in [0.05, 0.1) is 14.2 Å². The molecule has 0 aliphatic rings. The predicted molar refractivity (Wildman–Crippen MR) is 109 cm³/mol. The van der Waals surface area contributed by atoms with Gasteiger partial charge in [-0.15, -0.1) is 0 Å². The summed E-state index contributed by atoms with van der Waals surface area (Å²) in [6, 6.07) is 18.2. The molecule has 0 spiro atoms. The molecule has 3 rings (SSSR count). The summed E-state index contributed by atoms with van der Waals surface area (Å²) in [5.74, 6) is 0.507. The van der Waals surface area contributed by atoms with E-state index in [0.29, 0.717) is 17.2 Å². The van der Waals surface area contributed by atoms with E-state index in [1.54, 1.807) is 31.2 Å². The van der Waals surface area contributed by atoms with Crippen LogP contribution in [0.3, 0.4) is 0 Å². The Balaban J connectivity index is 1.60. The summed E-state index contributed by atoms with van der Waals surface area (Å²) >= 11 is 0. The highest BCUT2D eigenvalue weighted by atomic mass is 16.5. The average Bonchev–Trinajstić information content (AvgIpc) is 2.76. The van der Waals surface area contributed by atoms with E-state index in [4.69, 9.17) is 14.2 Å². The second kappa shape index (κ2) is 8.97. The van der Waals surface area contributed by atoms with Gasteiger partial charge in [-0.25, -0.2) is 0 Å². The van der Waals surface area contributed by atoms with Crippen LogP contribution in [-0.2, 0) is 4.79 Å². The van der Waals surface area contributed by atoms with Gasteiger partial charge in [-0.2, -0.15) is 0 Å². The van der Waals surface area contributed by atoms with Gasteiger partial charge in [0, 0.05) is 11.6 Å². The van der Waals surface area contributed by atoms with Crippen LogP contribution in [0.5, 0.6) is 17.2 Å². The van der Waals surface area contributed by atoms with E-state index in [2.05, 4.69) is 10.9 Å². The van der Waals surface area contributed by atoms with Crippen LogP contribution in [0.25, 0.3) is 10.8 Å². The Morgan fingerprint density at radius 2 is 1.45 bits per heavy atom. The van der Waals surface area contributed by atoms with E-state index in [-0.39, 0.29) is 5.56 Å². The number of hydrazine groups is 1. The van der Waals surface area contributed by atoms with Crippen molar-refractivity contribution in [3.05, 3.63) is 66.2 Å². The van der Waals surface area contributed by atoms with Crippen molar-refractivity contribution in [2.45, 2.75) is 13.0 Å². The molecule has 0 saturated heterocycles. The lowest BCUT2D eigenvalue weighted by atomic mass is 10.1. The van der Waals surface area contributed by atoms with E-state index >= 15 is 0 Å². The summed E-state index contributed by atoms with van der Waals surface area (Å²) in [6.45, 7) is 1.60. The average molecular weight is 394 g/mol. The highest BCUT2D eigenvalue weighted by Gasteiger charge is 2.17. The molecule has 150 valence electrons. The van der Waals surface area contributed by atoms with Crippen LogP contribution in [0.4, 0.5) is 0 Å². The molecule has 0 bridgehead atoms. The van der Waals surface area contributed by atoms with E-state index < -0.39 is 17.9 Å². The SMILES string of the molecule is COc1cc(OC)cc(C(=O)NNC(=O)[C@@H](C)Oc2ccc3ccccc3c2)c1. The minimum absolute atomic E-state index is 0.282. The van der Waals surface area contributed by atoms with Gasteiger partial charge in [-0.1, -0.05) is 30.3 Å². The second-order valence-electron chi connectivity index (χ2n) is 6.31. The van der Waals surface area contributed by atoms with Crippen LogP contribution in [0.1, 0.15) is 17.3 Å². The van der Waals surface area contributed by atoms with Crippen LogP contribution in [0, 0.1) is 0 Å². The molecule has 29 heavy (non-hydrogen) atoms. The number of fused-ring (bicyclic) bond motifs is 1. The quantitative estimate of drug-likeness (QED) is 0.628. The monoisotopic (exact) mass is 394 g/mol. The first-order chi connectivity index (χ1) is 14.0. The number of ether oxygens (including phenoxy) is 3. The minimum atomic E-state index is -0.809. The van der Waals surface area contributed by atoms with Crippen molar-refractivity contribution in [1.29, 1.82) is 0 Å². The van der Waals surface area contributed by atoms with Gasteiger partial charge in [0.25, 0.3) is 11.8 Å². The number of carbonyl (C=O) groups excluding carboxylic acids is 2. The lowest BCUT2D eigenvalue weighted by molar-refractivity contribution is -0.128. The number of benzene rings is 3. The third-order valence-electron chi connectivity index (χ3n) is 4.32. The van der Waals surface area contributed by atoms with Crippen molar-refractivity contribution in [3.8, 4) is 17.2 Å². The zero-order valence-corrected chi connectivity index (χ0v) is 16.4. The molecule has 7 heteroatoms. The molecule has 0 aliphatic heterocycles. The molecule has 0 aromatic heterocycles. The predicted octanol–water partition coefficient (Wildman–Crippen LogP) is 3.09. The molecule has 0 aliphatic carbocycles. The molecule has 2 amide bonds. The van der Waals surface area contributed by atoms with E-state index in [0.717, 1.165) is 10.8 Å². The summed E-state index contributed by atoms with van der Waals surface area (Å²) in [6.07, 6.45) is -0.809. The smallest absolute Gasteiger partial charge is 0.279 e. The molecule has 0 heterocycles. The first kappa shape index (κ1) is 20.0. The van der Waals surface area contributed by atoms with Crippen molar-refractivity contribution >= 4 is 22.6 Å². The van der Waals surface area contributed by atoms with Gasteiger partial charge in [-0.3, -0.25) is 20.4 Å². The molecule has 7 nitrogen and oxygen atoms in total. The second-order valence-corrected chi connectivity index (χ2v) is 6.31. The first-order valence-electron chi connectivity index (χ1n) is 8.99.